The molecule has 4 nitrogen and oxygen atoms in total. The molecular weight excluding hydrogens is 228 g/mol. The topological polar surface area (TPSA) is 50.4 Å². The van der Waals surface area contributed by atoms with Gasteiger partial charge in [-0.1, -0.05) is 17.7 Å². The zero-order valence-electron chi connectivity index (χ0n) is 11.1. The summed E-state index contributed by atoms with van der Waals surface area (Å²) in [6.45, 7) is 3.99. The van der Waals surface area contributed by atoms with Gasteiger partial charge in [0, 0.05) is 11.6 Å². The number of urea groups is 1. The highest BCUT2D eigenvalue weighted by molar-refractivity contribution is 5.75. The average molecular weight is 248 g/mol. The Morgan fingerprint density at radius 2 is 2.17 bits per heavy atom. The average Bonchev–Trinajstić information content (AvgIpc) is 3.12. The molecule has 1 unspecified atom stereocenters. The van der Waals surface area contributed by atoms with E-state index in [1.807, 2.05) is 32.0 Å². The Balaban J connectivity index is 2.04. The molecule has 98 valence electrons. The first-order valence-electron chi connectivity index (χ1n) is 6.31. The van der Waals surface area contributed by atoms with Crippen molar-refractivity contribution >= 4 is 6.03 Å². The van der Waals surface area contributed by atoms with E-state index in [1.54, 1.807) is 7.11 Å². The monoisotopic (exact) mass is 248 g/mol. The summed E-state index contributed by atoms with van der Waals surface area (Å²) >= 11 is 0. The Hall–Kier alpha value is -1.71. The molecule has 1 saturated carbocycles. The van der Waals surface area contributed by atoms with E-state index in [1.165, 1.54) is 0 Å². The molecule has 1 fully saturated rings. The molecule has 1 aromatic rings. The summed E-state index contributed by atoms with van der Waals surface area (Å²) in [6, 6.07) is 6.17. The number of amides is 2. The first-order chi connectivity index (χ1) is 8.60. The van der Waals surface area contributed by atoms with E-state index in [2.05, 4.69) is 10.6 Å². The molecule has 1 aromatic carbocycles. The number of benzene rings is 1. The summed E-state index contributed by atoms with van der Waals surface area (Å²) in [5.74, 6) is 0.805. The Morgan fingerprint density at radius 1 is 1.44 bits per heavy atom. The maximum absolute atomic E-state index is 11.7. The lowest BCUT2D eigenvalue weighted by atomic mass is 10.0. The van der Waals surface area contributed by atoms with Gasteiger partial charge in [-0.2, -0.15) is 0 Å². The SMILES string of the molecule is COc1ccc(C)cc1C(C)NC(=O)NC1CC1. The largest absolute Gasteiger partial charge is 0.496 e. The van der Waals surface area contributed by atoms with Gasteiger partial charge in [0.05, 0.1) is 13.2 Å². The van der Waals surface area contributed by atoms with Gasteiger partial charge in [-0.05, 0) is 32.8 Å². The fraction of sp³-hybridized carbons (Fsp3) is 0.500. The van der Waals surface area contributed by atoms with Gasteiger partial charge in [0.2, 0.25) is 0 Å². The molecule has 1 aliphatic carbocycles. The standard InChI is InChI=1S/C14H20N2O2/c1-9-4-7-13(18-3)12(8-9)10(2)15-14(17)16-11-5-6-11/h4,7-8,10-11H,5-6H2,1-3H3,(H2,15,16,17). The molecule has 0 bridgehead atoms. The molecule has 18 heavy (non-hydrogen) atoms. The number of rotatable bonds is 4. The quantitative estimate of drug-likeness (QED) is 0.860. The highest BCUT2D eigenvalue weighted by Gasteiger charge is 2.24. The summed E-state index contributed by atoms with van der Waals surface area (Å²) in [6.07, 6.45) is 2.19. The van der Waals surface area contributed by atoms with Crippen LogP contribution in [0.3, 0.4) is 0 Å². The van der Waals surface area contributed by atoms with Crippen molar-refractivity contribution < 1.29 is 9.53 Å². The maximum atomic E-state index is 11.7. The van der Waals surface area contributed by atoms with E-state index >= 15 is 0 Å². The van der Waals surface area contributed by atoms with E-state index in [0.717, 1.165) is 29.7 Å². The molecule has 0 aromatic heterocycles. The molecule has 2 N–H and O–H groups in total. The van der Waals surface area contributed by atoms with Crippen molar-refractivity contribution in [2.24, 2.45) is 0 Å². The van der Waals surface area contributed by atoms with Crippen LogP contribution < -0.4 is 15.4 Å². The lowest BCUT2D eigenvalue weighted by Gasteiger charge is -2.18. The van der Waals surface area contributed by atoms with Crippen molar-refractivity contribution in [1.82, 2.24) is 10.6 Å². The number of nitrogens with one attached hydrogen (secondary N) is 2. The van der Waals surface area contributed by atoms with Crippen LogP contribution in [0.5, 0.6) is 5.75 Å². The molecule has 0 aliphatic heterocycles. The fourth-order valence-corrected chi connectivity index (χ4v) is 1.92. The molecule has 4 heteroatoms. The van der Waals surface area contributed by atoms with E-state index in [9.17, 15) is 4.79 Å². The van der Waals surface area contributed by atoms with Crippen molar-refractivity contribution in [3.8, 4) is 5.75 Å². The van der Waals surface area contributed by atoms with Crippen LogP contribution in [0.1, 0.15) is 36.9 Å². The fourth-order valence-electron chi connectivity index (χ4n) is 1.92. The van der Waals surface area contributed by atoms with Crippen LogP contribution in [0.2, 0.25) is 0 Å². The van der Waals surface area contributed by atoms with E-state index in [-0.39, 0.29) is 12.1 Å². The lowest BCUT2D eigenvalue weighted by Crippen LogP contribution is -2.38. The van der Waals surface area contributed by atoms with Gasteiger partial charge in [-0.25, -0.2) is 4.79 Å². The number of ether oxygens (including phenoxy) is 1. The Morgan fingerprint density at radius 3 is 2.78 bits per heavy atom. The minimum atomic E-state index is -0.103. The minimum Gasteiger partial charge on any atom is -0.496 e. The maximum Gasteiger partial charge on any atom is 0.315 e. The van der Waals surface area contributed by atoms with Gasteiger partial charge < -0.3 is 15.4 Å². The first kappa shape index (κ1) is 12.7. The molecule has 2 rings (SSSR count). The Labute approximate surface area is 108 Å². The number of carbonyl (C=O) groups is 1. The van der Waals surface area contributed by atoms with Gasteiger partial charge in [0.15, 0.2) is 0 Å². The van der Waals surface area contributed by atoms with Crippen molar-refractivity contribution in [1.29, 1.82) is 0 Å². The third kappa shape index (κ3) is 3.15. The number of carbonyl (C=O) groups excluding carboxylic acids is 1. The highest BCUT2D eigenvalue weighted by Crippen LogP contribution is 2.26. The summed E-state index contributed by atoms with van der Waals surface area (Å²) in [5, 5.41) is 5.86. The molecule has 1 atom stereocenters. The van der Waals surface area contributed by atoms with Crippen molar-refractivity contribution in [3.63, 3.8) is 0 Å². The molecule has 0 saturated heterocycles. The van der Waals surface area contributed by atoms with Crippen LogP contribution in [0.4, 0.5) is 4.79 Å². The predicted octanol–water partition coefficient (Wildman–Crippen LogP) is 2.53. The minimum absolute atomic E-state index is 0.0707. The number of methoxy groups -OCH3 is 1. The second-order valence-electron chi connectivity index (χ2n) is 4.86. The van der Waals surface area contributed by atoms with Crippen LogP contribution in [0.25, 0.3) is 0 Å². The summed E-state index contributed by atoms with van der Waals surface area (Å²) in [5.41, 5.74) is 2.16. The zero-order valence-corrected chi connectivity index (χ0v) is 11.1. The third-order valence-corrected chi connectivity index (χ3v) is 3.11. The van der Waals surface area contributed by atoms with Crippen LogP contribution in [-0.2, 0) is 0 Å². The van der Waals surface area contributed by atoms with Crippen LogP contribution in [0.15, 0.2) is 18.2 Å². The second-order valence-corrected chi connectivity index (χ2v) is 4.86. The number of hydrogen-bond donors (Lipinski definition) is 2. The van der Waals surface area contributed by atoms with Gasteiger partial charge in [-0.3, -0.25) is 0 Å². The van der Waals surface area contributed by atoms with E-state index < -0.39 is 0 Å². The number of hydrogen-bond acceptors (Lipinski definition) is 2. The van der Waals surface area contributed by atoms with Gasteiger partial charge in [-0.15, -0.1) is 0 Å². The Kier molecular flexibility index (Phi) is 3.75. The third-order valence-electron chi connectivity index (χ3n) is 3.11. The molecular formula is C14H20N2O2. The summed E-state index contributed by atoms with van der Waals surface area (Å²) < 4.78 is 5.32. The van der Waals surface area contributed by atoms with Crippen molar-refractivity contribution in [2.45, 2.75) is 38.8 Å². The van der Waals surface area contributed by atoms with Crippen molar-refractivity contribution in [3.05, 3.63) is 29.3 Å². The highest BCUT2D eigenvalue weighted by atomic mass is 16.5. The lowest BCUT2D eigenvalue weighted by molar-refractivity contribution is 0.237. The molecule has 0 heterocycles. The zero-order chi connectivity index (χ0) is 13.1. The molecule has 1 aliphatic rings. The molecule has 0 spiro atoms. The molecule has 2 amide bonds. The summed E-state index contributed by atoms with van der Waals surface area (Å²) in [7, 11) is 1.64. The van der Waals surface area contributed by atoms with Gasteiger partial charge >= 0.3 is 6.03 Å². The van der Waals surface area contributed by atoms with Crippen molar-refractivity contribution in [2.75, 3.05) is 7.11 Å². The van der Waals surface area contributed by atoms with Crippen LogP contribution in [-0.4, -0.2) is 19.2 Å². The van der Waals surface area contributed by atoms with Gasteiger partial charge in [0.25, 0.3) is 0 Å². The van der Waals surface area contributed by atoms with E-state index in [0.29, 0.717) is 6.04 Å². The van der Waals surface area contributed by atoms with Gasteiger partial charge in [0.1, 0.15) is 5.75 Å². The summed E-state index contributed by atoms with van der Waals surface area (Å²) in [4.78, 5) is 11.7. The Bertz CT molecular complexity index is 441. The predicted molar refractivity (Wildman–Crippen MR) is 70.8 cm³/mol. The smallest absolute Gasteiger partial charge is 0.315 e. The van der Waals surface area contributed by atoms with Crippen LogP contribution >= 0.6 is 0 Å². The normalized spacial score (nSPS) is 15.9. The second kappa shape index (κ2) is 5.29. The molecule has 0 radical (unpaired) electrons. The first-order valence-corrected chi connectivity index (χ1v) is 6.31. The number of aryl methyl sites for hydroxylation is 1. The van der Waals surface area contributed by atoms with E-state index in [4.69, 9.17) is 4.74 Å². The van der Waals surface area contributed by atoms with Crippen LogP contribution in [0, 0.1) is 6.92 Å².